The van der Waals surface area contributed by atoms with Gasteiger partial charge in [0.2, 0.25) is 0 Å². The second kappa shape index (κ2) is 6.34. The van der Waals surface area contributed by atoms with Crippen molar-refractivity contribution in [1.29, 1.82) is 0 Å². The van der Waals surface area contributed by atoms with Gasteiger partial charge in [0.15, 0.2) is 0 Å². The molecule has 0 radical (unpaired) electrons. The first kappa shape index (κ1) is 15.4. The number of nitrogens with one attached hydrogen (secondary N) is 2. The molecule has 0 saturated heterocycles. The summed E-state index contributed by atoms with van der Waals surface area (Å²) in [4.78, 5) is 12.1. The fourth-order valence-electron chi connectivity index (χ4n) is 2.74. The normalized spacial score (nSPS) is 22.0. The average molecular weight is 325 g/mol. The summed E-state index contributed by atoms with van der Waals surface area (Å²) < 4.78 is 5.69. The van der Waals surface area contributed by atoms with Gasteiger partial charge in [-0.05, 0) is 37.8 Å². The molecule has 1 heterocycles. The Bertz CT molecular complexity index is 560. The Morgan fingerprint density at radius 2 is 2.27 bits per heavy atom. The van der Waals surface area contributed by atoms with E-state index in [0.717, 1.165) is 37.0 Å². The number of rotatable bonds is 4. The number of carbonyl (C=O) groups is 1. The number of benzene rings is 1. The van der Waals surface area contributed by atoms with Crippen LogP contribution < -0.4 is 15.4 Å². The summed E-state index contributed by atoms with van der Waals surface area (Å²) in [7, 11) is 0. The Morgan fingerprint density at radius 1 is 1.45 bits per heavy atom. The van der Waals surface area contributed by atoms with E-state index in [9.17, 15) is 9.90 Å². The molecule has 0 spiro atoms. The molecule has 0 aromatic heterocycles. The Morgan fingerprint density at radius 3 is 3.00 bits per heavy atom. The van der Waals surface area contributed by atoms with E-state index < -0.39 is 0 Å². The maximum absolute atomic E-state index is 12.1. The number of hydrogen-bond donors (Lipinski definition) is 3. The molecule has 0 bridgehead atoms. The number of halogens is 1. The summed E-state index contributed by atoms with van der Waals surface area (Å²) in [6.45, 7) is 1.28. The van der Waals surface area contributed by atoms with E-state index in [0.29, 0.717) is 18.2 Å². The second-order valence-corrected chi connectivity index (χ2v) is 6.65. The Balaban J connectivity index is 1.63. The van der Waals surface area contributed by atoms with Crippen LogP contribution in [0.5, 0.6) is 5.75 Å². The minimum Gasteiger partial charge on any atom is -0.493 e. The van der Waals surface area contributed by atoms with Gasteiger partial charge in [0.25, 0.3) is 0 Å². The first-order valence-corrected chi connectivity index (χ1v) is 8.07. The van der Waals surface area contributed by atoms with Crippen molar-refractivity contribution in [1.82, 2.24) is 10.6 Å². The van der Waals surface area contributed by atoms with Gasteiger partial charge < -0.3 is 20.5 Å². The highest BCUT2D eigenvalue weighted by molar-refractivity contribution is 6.30. The third kappa shape index (κ3) is 3.47. The van der Waals surface area contributed by atoms with E-state index in [4.69, 9.17) is 16.3 Å². The van der Waals surface area contributed by atoms with Gasteiger partial charge in [-0.1, -0.05) is 17.7 Å². The molecule has 1 unspecified atom stereocenters. The molecule has 1 aliphatic carbocycles. The zero-order valence-corrected chi connectivity index (χ0v) is 13.2. The van der Waals surface area contributed by atoms with Crippen LogP contribution in [-0.4, -0.2) is 30.9 Å². The number of ether oxygens (including phenoxy) is 1. The van der Waals surface area contributed by atoms with Crippen LogP contribution in [0, 0.1) is 5.41 Å². The van der Waals surface area contributed by atoms with Crippen molar-refractivity contribution >= 4 is 17.6 Å². The molecule has 1 saturated carbocycles. The Labute approximate surface area is 135 Å². The van der Waals surface area contributed by atoms with Gasteiger partial charge in [0, 0.05) is 22.5 Å². The number of carbonyl (C=O) groups excluding carboxylic acids is 1. The molecule has 1 aromatic rings. The minimum atomic E-state index is -0.201. The van der Waals surface area contributed by atoms with Gasteiger partial charge in [-0.2, -0.15) is 0 Å². The van der Waals surface area contributed by atoms with Crippen LogP contribution >= 0.6 is 11.6 Å². The van der Waals surface area contributed by atoms with Gasteiger partial charge in [0.05, 0.1) is 19.3 Å². The monoisotopic (exact) mass is 324 g/mol. The highest BCUT2D eigenvalue weighted by atomic mass is 35.5. The van der Waals surface area contributed by atoms with Crippen molar-refractivity contribution in [3.63, 3.8) is 0 Å². The Kier molecular flexibility index (Phi) is 4.45. The summed E-state index contributed by atoms with van der Waals surface area (Å²) >= 11 is 6.00. The summed E-state index contributed by atoms with van der Waals surface area (Å²) in [6, 6.07) is 5.22. The van der Waals surface area contributed by atoms with Crippen LogP contribution in [0.25, 0.3) is 0 Å². The van der Waals surface area contributed by atoms with Crippen LogP contribution in [0.15, 0.2) is 18.2 Å². The fraction of sp³-hybridized carbons (Fsp3) is 0.562. The fourth-order valence-corrected chi connectivity index (χ4v) is 2.90. The summed E-state index contributed by atoms with van der Waals surface area (Å²) in [6.07, 6.45) is 3.65. The van der Waals surface area contributed by atoms with Crippen LogP contribution in [0.4, 0.5) is 4.79 Å². The van der Waals surface area contributed by atoms with E-state index in [1.165, 1.54) is 0 Å². The van der Waals surface area contributed by atoms with Crippen LogP contribution in [0.1, 0.15) is 37.3 Å². The number of aliphatic hydroxyl groups excluding tert-OH is 1. The van der Waals surface area contributed by atoms with Crippen molar-refractivity contribution < 1.29 is 14.6 Å². The Hall–Kier alpha value is -1.46. The topological polar surface area (TPSA) is 70.6 Å². The van der Waals surface area contributed by atoms with E-state index >= 15 is 0 Å². The number of hydrogen-bond acceptors (Lipinski definition) is 3. The van der Waals surface area contributed by atoms with Crippen molar-refractivity contribution in [2.24, 2.45) is 5.41 Å². The molecule has 3 N–H and O–H groups in total. The van der Waals surface area contributed by atoms with Gasteiger partial charge in [-0.25, -0.2) is 4.79 Å². The number of amides is 2. The number of urea groups is 1. The second-order valence-electron chi connectivity index (χ2n) is 6.21. The van der Waals surface area contributed by atoms with Crippen molar-refractivity contribution in [2.75, 3.05) is 19.8 Å². The largest absolute Gasteiger partial charge is 0.493 e. The summed E-state index contributed by atoms with van der Waals surface area (Å²) in [5, 5.41) is 15.8. The maximum atomic E-state index is 12.1. The minimum absolute atomic E-state index is 0.0842. The summed E-state index contributed by atoms with van der Waals surface area (Å²) in [5.74, 6) is 0.740. The number of fused-ring (bicyclic) bond motifs is 1. The average Bonchev–Trinajstić information content (AvgIpc) is 3.30. The van der Waals surface area contributed by atoms with Crippen LogP contribution in [0.2, 0.25) is 5.02 Å². The molecular weight excluding hydrogens is 304 g/mol. The van der Waals surface area contributed by atoms with Gasteiger partial charge >= 0.3 is 6.03 Å². The lowest BCUT2D eigenvalue weighted by molar-refractivity contribution is 0.201. The molecule has 2 aliphatic rings. The lowest BCUT2D eigenvalue weighted by Crippen LogP contribution is -2.41. The molecule has 3 rings (SSSR count). The molecular formula is C16H21ClN2O3. The maximum Gasteiger partial charge on any atom is 0.315 e. The van der Waals surface area contributed by atoms with Crippen molar-refractivity contribution in [3.05, 3.63) is 28.8 Å². The predicted octanol–water partition coefficient (Wildman–Crippen LogP) is 2.63. The predicted molar refractivity (Wildman–Crippen MR) is 84.2 cm³/mol. The molecule has 1 fully saturated rings. The quantitative estimate of drug-likeness (QED) is 0.797. The SMILES string of the molecule is O=C(NCC1(CO)CC1)NC1CCCOc2cc(Cl)ccc21. The zero-order chi connectivity index (χ0) is 15.6. The molecule has 5 nitrogen and oxygen atoms in total. The van der Waals surface area contributed by atoms with E-state index in [1.807, 2.05) is 12.1 Å². The lowest BCUT2D eigenvalue weighted by atomic mass is 10.0. The first-order chi connectivity index (χ1) is 10.6. The van der Waals surface area contributed by atoms with E-state index in [-0.39, 0.29) is 24.1 Å². The third-order valence-electron chi connectivity index (χ3n) is 4.47. The van der Waals surface area contributed by atoms with E-state index in [2.05, 4.69) is 10.6 Å². The molecule has 1 aromatic carbocycles. The van der Waals surface area contributed by atoms with Crippen LogP contribution in [-0.2, 0) is 0 Å². The standard InChI is InChI=1S/C16H21ClN2O3/c17-11-3-4-12-13(2-1-7-22-14(12)8-11)19-15(21)18-9-16(10-20)5-6-16/h3-4,8,13,20H,1-2,5-7,9-10H2,(H2,18,19,21). The van der Waals surface area contributed by atoms with Gasteiger partial charge in [-0.3, -0.25) is 0 Å². The molecule has 2 amide bonds. The highest BCUT2D eigenvalue weighted by Gasteiger charge is 2.42. The lowest BCUT2D eigenvalue weighted by Gasteiger charge is -2.20. The molecule has 1 aliphatic heterocycles. The smallest absolute Gasteiger partial charge is 0.315 e. The van der Waals surface area contributed by atoms with Crippen LogP contribution in [0.3, 0.4) is 0 Å². The molecule has 1 atom stereocenters. The van der Waals surface area contributed by atoms with E-state index in [1.54, 1.807) is 6.07 Å². The summed E-state index contributed by atoms with van der Waals surface area (Å²) in [5.41, 5.74) is 0.871. The third-order valence-corrected chi connectivity index (χ3v) is 4.70. The first-order valence-electron chi connectivity index (χ1n) is 7.69. The highest BCUT2D eigenvalue weighted by Crippen LogP contribution is 2.44. The van der Waals surface area contributed by atoms with Gasteiger partial charge in [-0.15, -0.1) is 0 Å². The van der Waals surface area contributed by atoms with Crippen molar-refractivity contribution in [3.8, 4) is 5.75 Å². The number of aliphatic hydroxyl groups is 1. The zero-order valence-electron chi connectivity index (χ0n) is 12.4. The molecule has 120 valence electrons. The molecule has 6 heteroatoms. The van der Waals surface area contributed by atoms with Crippen molar-refractivity contribution in [2.45, 2.75) is 31.7 Å². The molecule has 22 heavy (non-hydrogen) atoms. The van der Waals surface area contributed by atoms with Gasteiger partial charge in [0.1, 0.15) is 5.75 Å².